The predicted octanol–water partition coefficient (Wildman–Crippen LogP) is 2.65. The Kier molecular flexibility index (Phi) is 4.93. The maximum absolute atomic E-state index is 5.52. The Labute approximate surface area is 154 Å². The molecule has 0 N–H and O–H groups in total. The van der Waals surface area contributed by atoms with Crippen molar-refractivity contribution in [2.75, 3.05) is 38.8 Å². The molecular weight excluding hydrogens is 328 g/mol. The molecule has 6 heteroatoms. The molecule has 6 nitrogen and oxygen atoms in total. The molecule has 0 bridgehead atoms. The summed E-state index contributed by atoms with van der Waals surface area (Å²) in [4.78, 5) is 14.2. The highest BCUT2D eigenvalue weighted by atomic mass is 16.5. The van der Waals surface area contributed by atoms with Crippen LogP contribution in [0.1, 0.15) is 29.7 Å². The molecule has 0 radical (unpaired) electrons. The van der Waals surface area contributed by atoms with Crippen molar-refractivity contribution in [2.24, 2.45) is 0 Å². The molecule has 1 saturated heterocycles. The normalized spacial score (nSPS) is 17.2. The minimum Gasteiger partial charge on any atom is -0.497 e. The Bertz CT molecular complexity index is 774. The fraction of sp³-hybridized carbons (Fsp3) is 0.500. The number of nitrogens with zero attached hydrogens (tertiary/aromatic N) is 4. The number of hydrogen-bond donors (Lipinski definition) is 0. The molecule has 3 heterocycles. The van der Waals surface area contributed by atoms with Crippen LogP contribution in [0.15, 0.2) is 24.4 Å². The van der Waals surface area contributed by atoms with E-state index in [9.17, 15) is 0 Å². The number of ether oxygens (including phenoxy) is 2. The molecular formula is C20H26N4O2. The second-order valence-corrected chi connectivity index (χ2v) is 6.97. The molecule has 0 atom stereocenters. The second-order valence-electron chi connectivity index (χ2n) is 6.97. The minimum atomic E-state index is 0.827. The van der Waals surface area contributed by atoms with Gasteiger partial charge in [-0.25, -0.2) is 9.97 Å². The lowest BCUT2D eigenvalue weighted by atomic mass is 10.1. The largest absolute Gasteiger partial charge is 0.497 e. The van der Waals surface area contributed by atoms with Crippen molar-refractivity contribution >= 4 is 5.95 Å². The third-order valence-electron chi connectivity index (χ3n) is 5.27. The van der Waals surface area contributed by atoms with Crippen LogP contribution in [0.3, 0.4) is 0 Å². The van der Waals surface area contributed by atoms with Gasteiger partial charge < -0.3 is 14.4 Å². The molecule has 1 fully saturated rings. The third kappa shape index (κ3) is 3.46. The van der Waals surface area contributed by atoms with Crippen molar-refractivity contribution in [3.8, 4) is 11.5 Å². The molecule has 1 aromatic heterocycles. The maximum Gasteiger partial charge on any atom is 0.225 e. The fourth-order valence-electron chi connectivity index (χ4n) is 3.81. The molecule has 26 heavy (non-hydrogen) atoms. The van der Waals surface area contributed by atoms with E-state index in [1.165, 1.54) is 24.1 Å². The molecule has 4 rings (SSSR count). The van der Waals surface area contributed by atoms with Crippen LogP contribution in [0.4, 0.5) is 5.95 Å². The van der Waals surface area contributed by atoms with E-state index < -0.39 is 0 Å². The number of methoxy groups -OCH3 is 2. The van der Waals surface area contributed by atoms with Gasteiger partial charge in [0.15, 0.2) is 0 Å². The van der Waals surface area contributed by atoms with Crippen LogP contribution in [-0.4, -0.2) is 48.7 Å². The molecule has 0 aliphatic carbocycles. The predicted molar refractivity (Wildman–Crippen MR) is 101 cm³/mol. The van der Waals surface area contributed by atoms with Gasteiger partial charge in [-0.3, -0.25) is 4.90 Å². The Balaban J connectivity index is 1.48. The summed E-state index contributed by atoms with van der Waals surface area (Å²) in [6.07, 6.45) is 5.48. The van der Waals surface area contributed by atoms with Gasteiger partial charge in [-0.05, 0) is 31.0 Å². The minimum absolute atomic E-state index is 0.827. The van der Waals surface area contributed by atoms with E-state index in [1.807, 2.05) is 18.3 Å². The molecule has 2 aromatic rings. The topological polar surface area (TPSA) is 50.7 Å². The average molecular weight is 354 g/mol. The van der Waals surface area contributed by atoms with Gasteiger partial charge in [-0.2, -0.15) is 0 Å². The fourth-order valence-corrected chi connectivity index (χ4v) is 3.81. The number of benzene rings is 1. The summed E-state index contributed by atoms with van der Waals surface area (Å²) in [6.45, 7) is 4.86. The first kappa shape index (κ1) is 17.1. The highest BCUT2D eigenvalue weighted by Crippen LogP contribution is 2.28. The van der Waals surface area contributed by atoms with E-state index in [0.29, 0.717) is 0 Å². The summed E-state index contributed by atoms with van der Waals surface area (Å²) >= 11 is 0. The zero-order chi connectivity index (χ0) is 17.9. The molecule has 1 aromatic carbocycles. The Morgan fingerprint density at radius 1 is 1.08 bits per heavy atom. The van der Waals surface area contributed by atoms with Crippen molar-refractivity contribution < 1.29 is 9.47 Å². The first-order valence-electron chi connectivity index (χ1n) is 9.30. The molecule has 0 saturated carbocycles. The second kappa shape index (κ2) is 7.50. The van der Waals surface area contributed by atoms with Gasteiger partial charge in [0, 0.05) is 56.5 Å². The van der Waals surface area contributed by atoms with Gasteiger partial charge in [0.25, 0.3) is 0 Å². The van der Waals surface area contributed by atoms with Crippen molar-refractivity contribution in [2.45, 2.75) is 32.4 Å². The maximum atomic E-state index is 5.52. The van der Waals surface area contributed by atoms with Crippen molar-refractivity contribution in [3.63, 3.8) is 0 Å². The van der Waals surface area contributed by atoms with E-state index in [-0.39, 0.29) is 0 Å². The summed E-state index contributed by atoms with van der Waals surface area (Å²) in [5.41, 5.74) is 3.58. The molecule has 138 valence electrons. The smallest absolute Gasteiger partial charge is 0.225 e. The molecule has 0 unspecified atom stereocenters. The highest BCUT2D eigenvalue weighted by molar-refractivity contribution is 5.40. The van der Waals surface area contributed by atoms with Crippen molar-refractivity contribution in [3.05, 3.63) is 41.2 Å². The molecule has 2 aliphatic rings. The molecule has 0 amide bonds. The van der Waals surface area contributed by atoms with E-state index in [4.69, 9.17) is 14.5 Å². The number of fused-ring (bicyclic) bond motifs is 1. The monoisotopic (exact) mass is 354 g/mol. The van der Waals surface area contributed by atoms with Crippen LogP contribution in [0, 0.1) is 0 Å². The summed E-state index contributed by atoms with van der Waals surface area (Å²) < 4.78 is 10.9. The lowest BCUT2D eigenvalue weighted by Gasteiger charge is -2.29. The van der Waals surface area contributed by atoms with Gasteiger partial charge in [0.1, 0.15) is 11.5 Å². The van der Waals surface area contributed by atoms with Crippen LogP contribution in [-0.2, 0) is 19.5 Å². The molecule has 2 aliphatic heterocycles. The van der Waals surface area contributed by atoms with Gasteiger partial charge in [-0.1, -0.05) is 0 Å². The number of anilines is 1. The van der Waals surface area contributed by atoms with Gasteiger partial charge in [-0.15, -0.1) is 0 Å². The zero-order valence-corrected chi connectivity index (χ0v) is 15.6. The first-order valence-corrected chi connectivity index (χ1v) is 9.30. The van der Waals surface area contributed by atoms with Crippen LogP contribution in [0.5, 0.6) is 11.5 Å². The van der Waals surface area contributed by atoms with Crippen molar-refractivity contribution in [1.29, 1.82) is 0 Å². The summed E-state index contributed by atoms with van der Waals surface area (Å²) in [5.74, 6) is 2.66. The summed E-state index contributed by atoms with van der Waals surface area (Å²) in [6, 6.07) is 5.96. The van der Waals surface area contributed by atoms with E-state index in [2.05, 4.69) is 20.9 Å². The van der Waals surface area contributed by atoms with Gasteiger partial charge in [0.2, 0.25) is 5.95 Å². The number of hydrogen-bond acceptors (Lipinski definition) is 6. The van der Waals surface area contributed by atoms with E-state index >= 15 is 0 Å². The standard InChI is InChI=1S/C20H26N4O2/c1-25-17-5-6-19(26-2)15(11-17)13-23-10-7-18-16(14-23)12-21-20(22-18)24-8-3-4-9-24/h5-6,11-12H,3-4,7-10,13-14H2,1-2H3. The zero-order valence-electron chi connectivity index (χ0n) is 15.6. The average Bonchev–Trinajstić information content (AvgIpc) is 3.22. The van der Waals surface area contributed by atoms with Crippen LogP contribution < -0.4 is 14.4 Å². The lowest BCUT2D eigenvalue weighted by molar-refractivity contribution is 0.238. The number of aromatic nitrogens is 2. The Morgan fingerprint density at radius 2 is 1.92 bits per heavy atom. The summed E-state index contributed by atoms with van der Waals surface area (Å²) in [7, 11) is 3.41. The Hall–Kier alpha value is -2.34. The quantitative estimate of drug-likeness (QED) is 0.823. The lowest BCUT2D eigenvalue weighted by Crippen LogP contribution is -2.32. The summed E-state index contributed by atoms with van der Waals surface area (Å²) in [5, 5.41) is 0. The van der Waals surface area contributed by atoms with E-state index in [0.717, 1.165) is 62.2 Å². The van der Waals surface area contributed by atoms with Crippen molar-refractivity contribution in [1.82, 2.24) is 14.9 Å². The first-order chi connectivity index (χ1) is 12.8. The highest BCUT2D eigenvalue weighted by Gasteiger charge is 2.22. The Morgan fingerprint density at radius 3 is 2.69 bits per heavy atom. The van der Waals surface area contributed by atoms with Crippen LogP contribution in [0.2, 0.25) is 0 Å². The molecule has 0 spiro atoms. The van der Waals surface area contributed by atoms with Gasteiger partial charge in [0.05, 0.1) is 19.9 Å². The van der Waals surface area contributed by atoms with Crippen LogP contribution in [0.25, 0.3) is 0 Å². The van der Waals surface area contributed by atoms with Crippen LogP contribution >= 0.6 is 0 Å². The third-order valence-corrected chi connectivity index (χ3v) is 5.27. The number of rotatable bonds is 5. The SMILES string of the molecule is COc1ccc(OC)c(CN2CCc3nc(N4CCCC4)ncc3C2)c1. The van der Waals surface area contributed by atoms with E-state index in [1.54, 1.807) is 14.2 Å². The van der Waals surface area contributed by atoms with Gasteiger partial charge >= 0.3 is 0 Å².